The zero-order valence-electron chi connectivity index (χ0n) is 23.2. The fraction of sp³-hybridized carbons (Fsp3) is 0.188. The molecule has 0 bridgehead atoms. The molecule has 1 N–H and O–H groups in total. The third kappa shape index (κ3) is 7.50. The van der Waals surface area contributed by atoms with Crippen molar-refractivity contribution in [2.24, 2.45) is 0 Å². The number of sulfonamides is 1. The highest BCUT2D eigenvalue weighted by molar-refractivity contribution is 7.92. The van der Waals surface area contributed by atoms with Gasteiger partial charge in [0.1, 0.15) is 12.6 Å². The van der Waals surface area contributed by atoms with Crippen LogP contribution in [0.3, 0.4) is 0 Å². The van der Waals surface area contributed by atoms with Crippen molar-refractivity contribution in [1.82, 2.24) is 10.2 Å². The van der Waals surface area contributed by atoms with Gasteiger partial charge in [0.15, 0.2) is 0 Å². The van der Waals surface area contributed by atoms with Crippen LogP contribution in [0.1, 0.15) is 16.7 Å². The number of nitrogens with zero attached hydrogens (tertiary/aromatic N) is 2. The number of likely N-dealkylation sites (N-methyl/N-ethyl adjacent to an activating group) is 1. The van der Waals surface area contributed by atoms with Crippen LogP contribution in [0.5, 0.6) is 0 Å². The van der Waals surface area contributed by atoms with E-state index in [1.807, 2.05) is 37.3 Å². The molecule has 0 spiro atoms. The summed E-state index contributed by atoms with van der Waals surface area (Å²) in [5, 5.41) is 3.29. The van der Waals surface area contributed by atoms with Crippen LogP contribution in [0.15, 0.2) is 108 Å². The summed E-state index contributed by atoms with van der Waals surface area (Å²) in [6.07, 6.45) is 0.212. The van der Waals surface area contributed by atoms with Crippen molar-refractivity contribution >= 4 is 50.7 Å². The second-order valence-electron chi connectivity index (χ2n) is 9.75. The summed E-state index contributed by atoms with van der Waals surface area (Å²) in [6, 6.07) is 28.1. The first-order chi connectivity index (χ1) is 20.1. The maximum absolute atomic E-state index is 14.3. The highest BCUT2D eigenvalue weighted by Gasteiger charge is 2.35. The molecule has 4 rings (SSSR count). The first kappa shape index (κ1) is 31.1. The van der Waals surface area contributed by atoms with Crippen LogP contribution in [0.4, 0.5) is 5.69 Å². The molecule has 42 heavy (non-hydrogen) atoms. The molecule has 0 aliphatic carbocycles. The SMILES string of the molecule is CNC(=O)C(Cc1ccccc1)N(Cc1cccc(Cl)c1)C(=O)CN(c1ccccc1Cl)S(=O)(=O)c1ccc(C)cc1. The van der Waals surface area contributed by atoms with Crippen molar-refractivity contribution in [3.8, 4) is 0 Å². The Morgan fingerprint density at radius 1 is 0.833 bits per heavy atom. The summed E-state index contributed by atoms with van der Waals surface area (Å²) >= 11 is 12.7. The second-order valence-corrected chi connectivity index (χ2v) is 12.5. The molecule has 218 valence electrons. The predicted molar refractivity (Wildman–Crippen MR) is 167 cm³/mol. The normalized spacial score (nSPS) is 11.9. The molecule has 2 amide bonds. The molecule has 0 aliphatic heterocycles. The lowest BCUT2D eigenvalue weighted by molar-refractivity contribution is -0.139. The van der Waals surface area contributed by atoms with Crippen LogP contribution in [0.25, 0.3) is 0 Å². The number of carbonyl (C=O) groups excluding carboxylic acids is 2. The van der Waals surface area contributed by atoms with E-state index in [0.29, 0.717) is 10.6 Å². The zero-order chi connectivity index (χ0) is 30.3. The van der Waals surface area contributed by atoms with Gasteiger partial charge in [0, 0.05) is 25.0 Å². The van der Waals surface area contributed by atoms with E-state index in [9.17, 15) is 18.0 Å². The topological polar surface area (TPSA) is 86.8 Å². The number of hydrogen-bond donors (Lipinski definition) is 1. The van der Waals surface area contributed by atoms with Gasteiger partial charge in [0.05, 0.1) is 15.6 Å². The zero-order valence-corrected chi connectivity index (χ0v) is 25.5. The third-order valence-corrected chi connectivity index (χ3v) is 9.10. The Balaban J connectivity index is 1.80. The lowest BCUT2D eigenvalue weighted by Gasteiger charge is -2.33. The van der Waals surface area contributed by atoms with E-state index in [4.69, 9.17) is 23.2 Å². The molecule has 0 saturated carbocycles. The van der Waals surface area contributed by atoms with Crippen LogP contribution < -0.4 is 9.62 Å². The molecule has 4 aromatic carbocycles. The van der Waals surface area contributed by atoms with Gasteiger partial charge in [-0.2, -0.15) is 0 Å². The summed E-state index contributed by atoms with van der Waals surface area (Å²) in [5.41, 5.74) is 2.56. The van der Waals surface area contributed by atoms with Crippen LogP contribution >= 0.6 is 23.2 Å². The standard InChI is InChI=1S/C32H31Cl2N3O4S/c1-23-15-17-27(18-16-23)42(40,41)37(29-14-7-6-13-28(29)34)22-31(38)36(21-25-11-8-12-26(33)19-25)30(32(39)35-2)20-24-9-4-3-5-10-24/h3-19,30H,20-22H2,1-2H3,(H,35,39). The van der Waals surface area contributed by atoms with Gasteiger partial charge in [-0.05, 0) is 54.4 Å². The first-order valence-corrected chi connectivity index (χ1v) is 15.4. The summed E-state index contributed by atoms with van der Waals surface area (Å²) < 4.78 is 29.0. The first-order valence-electron chi connectivity index (χ1n) is 13.2. The number of benzene rings is 4. The maximum atomic E-state index is 14.3. The van der Waals surface area contributed by atoms with Crippen molar-refractivity contribution in [3.05, 3.63) is 130 Å². The molecule has 7 nitrogen and oxygen atoms in total. The Morgan fingerprint density at radius 2 is 1.48 bits per heavy atom. The van der Waals surface area contributed by atoms with Gasteiger partial charge >= 0.3 is 0 Å². The van der Waals surface area contributed by atoms with E-state index in [0.717, 1.165) is 15.4 Å². The molecule has 0 fully saturated rings. The van der Waals surface area contributed by atoms with Crippen molar-refractivity contribution in [3.63, 3.8) is 0 Å². The Labute approximate surface area is 256 Å². The number of amides is 2. The number of halogens is 2. The largest absolute Gasteiger partial charge is 0.357 e. The molecule has 0 aliphatic rings. The molecule has 10 heteroatoms. The van der Waals surface area contributed by atoms with Crippen LogP contribution in [-0.4, -0.2) is 44.8 Å². The molecular weight excluding hydrogens is 593 g/mol. The minimum Gasteiger partial charge on any atom is -0.357 e. The van der Waals surface area contributed by atoms with E-state index in [1.165, 1.54) is 24.1 Å². The van der Waals surface area contributed by atoms with E-state index in [1.54, 1.807) is 60.7 Å². The Hall–Kier alpha value is -3.85. The summed E-state index contributed by atoms with van der Waals surface area (Å²) in [6.45, 7) is 1.28. The lowest BCUT2D eigenvalue weighted by atomic mass is 10.0. The molecule has 0 saturated heterocycles. The van der Waals surface area contributed by atoms with E-state index < -0.39 is 28.5 Å². The van der Waals surface area contributed by atoms with Gasteiger partial charge in [0.2, 0.25) is 11.8 Å². The molecule has 0 aromatic heterocycles. The van der Waals surface area contributed by atoms with E-state index in [-0.39, 0.29) is 34.5 Å². The molecule has 0 heterocycles. The number of nitrogens with one attached hydrogen (secondary N) is 1. The highest BCUT2D eigenvalue weighted by atomic mass is 35.5. The minimum absolute atomic E-state index is 0.00866. The summed E-state index contributed by atoms with van der Waals surface area (Å²) in [4.78, 5) is 29.0. The Kier molecular flexibility index (Phi) is 10.3. The van der Waals surface area contributed by atoms with Gasteiger partial charge in [-0.3, -0.25) is 13.9 Å². The predicted octanol–water partition coefficient (Wildman–Crippen LogP) is 5.88. The van der Waals surface area contributed by atoms with Gasteiger partial charge in [-0.1, -0.05) is 95.5 Å². The quantitative estimate of drug-likeness (QED) is 0.226. The summed E-state index contributed by atoms with van der Waals surface area (Å²) in [7, 11) is -2.73. The lowest BCUT2D eigenvalue weighted by Crippen LogP contribution is -2.53. The van der Waals surface area contributed by atoms with Crippen molar-refractivity contribution in [2.45, 2.75) is 30.8 Å². The highest BCUT2D eigenvalue weighted by Crippen LogP contribution is 2.31. The fourth-order valence-electron chi connectivity index (χ4n) is 4.56. The van der Waals surface area contributed by atoms with Gasteiger partial charge in [-0.25, -0.2) is 8.42 Å². The Bertz CT molecular complexity index is 1650. The maximum Gasteiger partial charge on any atom is 0.264 e. The van der Waals surface area contributed by atoms with Crippen LogP contribution in [0, 0.1) is 6.92 Å². The van der Waals surface area contributed by atoms with Crippen molar-refractivity contribution < 1.29 is 18.0 Å². The number of aryl methyl sites for hydroxylation is 1. The Morgan fingerprint density at radius 3 is 2.12 bits per heavy atom. The number of hydrogen-bond acceptors (Lipinski definition) is 4. The van der Waals surface area contributed by atoms with E-state index >= 15 is 0 Å². The minimum atomic E-state index is -4.23. The number of rotatable bonds is 11. The fourth-order valence-corrected chi connectivity index (χ4v) is 6.49. The molecule has 1 atom stereocenters. The molecular formula is C32H31Cl2N3O4S. The third-order valence-electron chi connectivity index (χ3n) is 6.77. The number of anilines is 1. The van der Waals surface area contributed by atoms with Gasteiger partial charge in [0.25, 0.3) is 10.0 Å². The van der Waals surface area contributed by atoms with E-state index in [2.05, 4.69) is 5.32 Å². The van der Waals surface area contributed by atoms with Crippen molar-refractivity contribution in [2.75, 3.05) is 17.9 Å². The smallest absolute Gasteiger partial charge is 0.264 e. The van der Waals surface area contributed by atoms with Crippen LogP contribution in [0.2, 0.25) is 10.0 Å². The van der Waals surface area contributed by atoms with Crippen LogP contribution in [-0.2, 0) is 32.6 Å². The monoisotopic (exact) mass is 623 g/mol. The van der Waals surface area contributed by atoms with Gasteiger partial charge in [-0.15, -0.1) is 0 Å². The second kappa shape index (κ2) is 13.9. The summed E-state index contributed by atoms with van der Waals surface area (Å²) in [5.74, 6) is -0.977. The molecule has 4 aromatic rings. The number of carbonyl (C=O) groups is 2. The van der Waals surface area contributed by atoms with Gasteiger partial charge < -0.3 is 10.2 Å². The average molecular weight is 625 g/mol. The average Bonchev–Trinajstić information content (AvgIpc) is 2.98. The van der Waals surface area contributed by atoms with Crippen molar-refractivity contribution in [1.29, 1.82) is 0 Å². The molecule has 0 radical (unpaired) electrons. The molecule has 1 unspecified atom stereocenters. The number of para-hydroxylation sites is 1.